The zero-order chi connectivity index (χ0) is 19.6. The average Bonchev–Trinajstić information content (AvgIpc) is 3.24. The normalized spacial score (nSPS) is 15.7. The van der Waals surface area contributed by atoms with E-state index in [1.165, 1.54) is 50.1 Å². The summed E-state index contributed by atoms with van der Waals surface area (Å²) in [4.78, 5) is 28.9. The molecule has 27 heavy (non-hydrogen) atoms. The van der Waals surface area contributed by atoms with Gasteiger partial charge in [-0.15, -0.1) is 0 Å². The van der Waals surface area contributed by atoms with E-state index in [0.29, 0.717) is 17.3 Å². The van der Waals surface area contributed by atoms with Gasteiger partial charge in [-0.25, -0.2) is 4.98 Å². The van der Waals surface area contributed by atoms with E-state index in [4.69, 9.17) is 4.98 Å². The third-order valence-corrected chi connectivity index (χ3v) is 6.30. The van der Waals surface area contributed by atoms with E-state index in [9.17, 15) is 9.59 Å². The van der Waals surface area contributed by atoms with E-state index in [0.717, 1.165) is 10.9 Å². The molecule has 2 aromatic rings. The number of nitrogens with zero attached hydrogens (tertiary/aromatic N) is 2. The zero-order valence-electron chi connectivity index (χ0n) is 16.4. The van der Waals surface area contributed by atoms with E-state index < -0.39 is 0 Å². The number of amides is 1. The van der Waals surface area contributed by atoms with Gasteiger partial charge in [0.2, 0.25) is 5.91 Å². The van der Waals surface area contributed by atoms with E-state index in [2.05, 4.69) is 16.8 Å². The fourth-order valence-electron chi connectivity index (χ4n) is 3.54. The molecule has 6 heteroatoms. The summed E-state index contributed by atoms with van der Waals surface area (Å²) in [5.41, 5.74) is 3.47. The molecule has 1 atom stereocenters. The summed E-state index contributed by atoms with van der Waals surface area (Å²) >= 11 is 1.50. The Morgan fingerprint density at radius 1 is 1.26 bits per heavy atom. The minimum Gasteiger partial charge on any atom is -0.325 e. The molecular formula is C21H27N3O2S. The Balaban J connectivity index is 1.72. The van der Waals surface area contributed by atoms with E-state index in [-0.39, 0.29) is 16.9 Å². The SMILES string of the molecule is CC(=O)c1cccc(NC(=O)[C@@H](C)Sc2nc(C)c(C)n2C2CCCC2)c1. The Bertz CT molecular complexity index is 853. The van der Waals surface area contributed by atoms with Gasteiger partial charge in [-0.05, 0) is 52.7 Å². The predicted octanol–water partition coefficient (Wildman–Crippen LogP) is 4.94. The fraction of sp³-hybridized carbons (Fsp3) is 0.476. The maximum Gasteiger partial charge on any atom is 0.237 e. The fourth-order valence-corrected chi connectivity index (χ4v) is 4.61. The second kappa shape index (κ2) is 8.30. The predicted molar refractivity (Wildman–Crippen MR) is 110 cm³/mol. The molecule has 1 aromatic heterocycles. The van der Waals surface area contributed by atoms with Crippen molar-refractivity contribution in [3.63, 3.8) is 0 Å². The third-order valence-electron chi connectivity index (χ3n) is 5.23. The number of carbonyl (C=O) groups is 2. The number of rotatable bonds is 6. The first-order chi connectivity index (χ1) is 12.9. The van der Waals surface area contributed by atoms with Gasteiger partial charge in [0.25, 0.3) is 0 Å². The molecular weight excluding hydrogens is 358 g/mol. The highest BCUT2D eigenvalue weighted by Crippen LogP contribution is 2.36. The van der Waals surface area contributed by atoms with Crippen LogP contribution in [-0.2, 0) is 4.79 Å². The maximum absolute atomic E-state index is 12.7. The first-order valence-electron chi connectivity index (χ1n) is 9.50. The Morgan fingerprint density at radius 3 is 2.63 bits per heavy atom. The van der Waals surface area contributed by atoms with Crippen LogP contribution in [0.15, 0.2) is 29.4 Å². The van der Waals surface area contributed by atoms with Gasteiger partial charge < -0.3 is 9.88 Å². The van der Waals surface area contributed by atoms with E-state index in [1.807, 2.05) is 13.8 Å². The summed E-state index contributed by atoms with van der Waals surface area (Å²) in [6, 6.07) is 7.54. The highest BCUT2D eigenvalue weighted by Gasteiger charge is 2.25. The number of hydrogen-bond acceptors (Lipinski definition) is 4. The van der Waals surface area contributed by atoms with Crippen molar-refractivity contribution in [1.82, 2.24) is 9.55 Å². The summed E-state index contributed by atoms with van der Waals surface area (Å²) in [6.07, 6.45) is 4.88. The van der Waals surface area contributed by atoms with Crippen LogP contribution in [0.2, 0.25) is 0 Å². The first kappa shape index (κ1) is 19.7. The van der Waals surface area contributed by atoms with Crippen LogP contribution >= 0.6 is 11.8 Å². The maximum atomic E-state index is 12.7. The lowest BCUT2D eigenvalue weighted by molar-refractivity contribution is -0.115. The van der Waals surface area contributed by atoms with Crippen LogP contribution in [0.3, 0.4) is 0 Å². The highest BCUT2D eigenvalue weighted by molar-refractivity contribution is 8.00. The van der Waals surface area contributed by atoms with E-state index >= 15 is 0 Å². The van der Waals surface area contributed by atoms with Crippen molar-refractivity contribution in [3.8, 4) is 0 Å². The van der Waals surface area contributed by atoms with Crippen LogP contribution in [0.1, 0.15) is 67.3 Å². The molecule has 5 nitrogen and oxygen atoms in total. The van der Waals surface area contributed by atoms with Gasteiger partial charge in [0.1, 0.15) is 0 Å². The van der Waals surface area contributed by atoms with Crippen molar-refractivity contribution in [1.29, 1.82) is 0 Å². The van der Waals surface area contributed by atoms with Crippen molar-refractivity contribution >= 4 is 29.1 Å². The molecule has 0 aliphatic heterocycles. The van der Waals surface area contributed by atoms with E-state index in [1.54, 1.807) is 24.3 Å². The summed E-state index contributed by atoms with van der Waals surface area (Å²) < 4.78 is 2.33. The molecule has 0 saturated heterocycles. The highest BCUT2D eigenvalue weighted by atomic mass is 32.2. The molecule has 144 valence electrons. The summed E-state index contributed by atoms with van der Waals surface area (Å²) in [5.74, 6) is -0.102. The number of nitrogens with one attached hydrogen (secondary N) is 1. The van der Waals surface area contributed by atoms with Crippen molar-refractivity contribution < 1.29 is 9.59 Å². The number of aryl methyl sites for hydroxylation is 1. The molecule has 3 rings (SSSR count). The second-order valence-corrected chi connectivity index (χ2v) is 8.57. The van der Waals surface area contributed by atoms with Gasteiger partial charge in [0, 0.05) is 23.0 Å². The Morgan fingerprint density at radius 2 is 1.96 bits per heavy atom. The smallest absolute Gasteiger partial charge is 0.237 e. The molecule has 1 aliphatic rings. The molecule has 0 radical (unpaired) electrons. The number of carbonyl (C=O) groups excluding carboxylic acids is 2. The van der Waals surface area contributed by atoms with Gasteiger partial charge in [-0.3, -0.25) is 9.59 Å². The minimum absolute atomic E-state index is 0.0157. The van der Waals surface area contributed by atoms with Crippen LogP contribution in [0.5, 0.6) is 0 Å². The van der Waals surface area contributed by atoms with Crippen molar-refractivity contribution in [2.45, 2.75) is 69.8 Å². The molecule has 1 heterocycles. The lowest BCUT2D eigenvalue weighted by Gasteiger charge is -2.18. The minimum atomic E-state index is -0.285. The van der Waals surface area contributed by atoms with Crippen molar-refractivity contribution in [3.05, 3.63) is 41.2 Å². The Labute approximate surface area is 164 Å². The molecule has 0 bridgehead atoms. The second-order valence-electron chi connectivity index (χ2n) is 7.26. The van der Waals surface area contributed by atoms with Gasteiger partial charge in [-0.1, -0.05) is 36.7 Å². The average molecular weight is 386 g/mol. The van der Waals surface area contributed by atoms with Crippen molar-refractivity contribution in [2.24, 2.45) is 0 Å². The number of ketones is 1. The molecule has 1 amide bonds. The van der Waals surface area contributed by atoms with Crippen LogP contribution in [-0.4, -0.2) is 26.5 Å². The number of hydrogen-bond donors (Lipinski definition) is 1. The van der Waals surface area contributed by atoms with Crippen LogP contribution in [0.25, 0.3) is 0 Å². The molecule has 1 aliphatic carbocycles. The molecule has 1 N–H and O–H groups in total. The zero-order valence-corrected chi connectivity index (χ0v) is 17.2. The Kier molecular flexibility index (Phi) is 6.05. The monoisotopic (exact) mass is 385 g/mol. The molecule has 1 saturated carbocycles. The molecule has 1 aromatic carbocycles. The number of imidazole rings is 1. The topological polar surface area (TPSA) is 64.0 Å². The quantitative estimate of drug-likeness (QED) is 0.565. The number of anilines is 1. The number of aromatic nitrogens is 2. The molecule has 1 fully saturated rings. The van der Waals surface area contributed by atoms with Gasteiger partial charge >= 0.3 is 0 Å². The summed E-state index contributed by atoms with van der Waals surface area (Å²) in [5, 5.41) is 3.56. The van der Waals surface area contributed by atoms with Gasteiger partial charge in [0.05, 0.1) is 10.9 Å². The lowest BCUT2D eigenvalue weighted by Crippen LogP contribution is -2.23. The first-order valence-corrected chi connectivity index (χ1v) is 10.4. The largest absolute Gasteiger partial charge is 0.325 e. The van der Waals surface area contributed by atoms with Crippen LogP contribution < -0.4 is 5.32 Å². The summed E-state index contributed by atoms with van der Waals surface area (Å²) in [6.45, 7) is 7.56. The number of benzene rings is 1. The van der Waals surface area contributed by atoms with Crippen LogP contribution in [0.4, 0.5) is 5.69 Å². The molecule has 0 spiro atoms. The Hall–Kier alpha value is -2.08. The number of Topliss-reactive ketones (excluding diaryl/α,β-unsaturated/α-hetero) is 1. The van der Waals surface area contributed by atoms with Crippen molar-refractivity contribution in [2.75, 3.05) is 5.32 Å². The lowest BCUT2D eigenvalue weighted by atomic mass is 10.1. The number of thioether (sulfide) groups is 1. The third kappa shape index (κ3) is 4.43. The van der Waals surface area contributed by atoms with Gasteiger partial charge in [-0.2, -0.15) is 0 Å². The van der Waals surface area contributed by atoms with Gasteiger partial charge in [0.15, 0.2) is 10.9 Å². The standard InChI is InChI=1S/C21H27N3O2S/c1-13-14(2)24(19-10-5-6-11-19)21(22-13)27-16(4)20(26)23-18-9-7-8-17(12-18)15(3)25/h7-9,12,16,19H,5-6,10-11H2,1-4H3,(H,23,26)/t16-/m1/s1. The van der Waals surface area contributed by atoms with Crippen LogP contribution in [0, 0.1) is 13.8 Å². The molecule has 0 unspecified atom stereocenters. The summed E-state index contributed by atoms with van der Waals surface area (Å²) in [7, 11) is 0.